The van der Waals surface area contributed by atoms with E-state index in [4.69, 9.17) is 35.0 Å². The molecule has 15 rings (SSSR count). The van der Waals surface area contributed by atoms with Crippen LogP contribution in [0.3, 0.4) is 0 Å². The molecule has 5 aromatic heterocycles. The van der Waals surface area contributed by atoms with Gasteiger partial charge in [-0.25, -0.2) is 19.7 Å². The molecule has 419 valence electrons. The van der Waals surface area contributed by atoms with E-state index in [1.165, 1.54) is 47.0 Å². The van der Waals surface area contributed by atoms with Crippen LogP contribution >= 0.6 is 0 Å². The van der Waals surface area contributed by atoms with Gasteiger partial charge in [-0.05, 0) is 49.2 Å². The van der Waals surface area contributed by atoms with E-state index in [1.807, 2.05) is 24.3 Å². The van der Waals surface area contributed by atoms with E-state index in [0.29, 0.717) is 0 Å². The average Bonchev–Trinajstić information content (AvgIpc) is 0.761. The summed E-state index contributed by atoms with van der Waals surface area (Å²) in [6, 6.07) is 83.4. The number of benzene rings is 10. The first-order chi connectivity index (χ1) is 41.9. The second kappa shape index (κ2) is 25.5. The Morgan fingerprint density at radius 3 is 1.00 bits per heavy atom. The zero-order chi connectivity index (χ0) is 57.6. The first kappa shape index (κ1) is 56.5. The fourth-order valence-electron chi connectivity index (χ4n) is 11.4. The number of pyridine rings is 3. The molecule has 0 saturated heterocycles. The van der Waals surface area contributed by atoms with Crippen LogP contribution in [0.4, 0.5) is 0 Å². The van der Waals surface area contributed by atoms with Crippen molar-refractivity contribution >= 4 is 71.1 Å². The molecule has 0 fully saturated rings. The van der Waals surface area contributed by atoms with E-state index in [2.05, 4.69) is 213 Å². The third-order valence-electron chi connectivity index (χ3n) is 15.5. The zero-order valence-electron chi connectivity index (χ0n) is 47.5. The maximum Gasteiger partial charge on any atom is 0.354 e. The number of aryl methyl sites for hydroxylation is 2. The number of unbranched alkanes of at least 4 members (excludes halogenated alkanes) is 2. The van der Waals surface area contributed by atoms with Gasteiger partial charge in [-0.1, -0.05) is 191 Å². The molecule has 10 aromatic carbocycles. The van der Waals surface area contributed by atoms with Crippen LogP contribution in [-0.4, -0.2) is 46.0 Å². The Kier molecular flexibility index (Phi) is 16.7. The molecule has 0 saturated carbocycles. The molecule has 0 aliphatic carbocycles. The van der Waals surface area contributed by atoms with Gasteiger partial charge in [0.1, 0.15) is 5.69 Å². The van der Waals surface area contributed by atoms with Crippen molar-refractivity contribution in [2.24, 2.45) is 0 Å². The van der Waals surface area contributed by atoms with Crippen LogP contribution in [0.25, 0.3) is 133 Å². The molecule has 0 aliphatic heterocycles. The number of aromatic carboxylic acids is 1. The number of aromatic nitrogens is 7. The third kappa shape index (κ3) is 11.4. The Hall–Kier alpha value is -9.99. The van der Waals surface area contributed by atoms with Crippen molar-refractivity contribution in [3.05, 3.63) is 260 Å². The van der Waals surface area contributed by atoms with Crippen LogP contribution in [0, 0.1) is 12.1 Å². The molecule has 86 heavy (non-hydrogen) atoms. The van der Waals surface area contributed by atoms with Crippen molar-refractivity contribution in [2.45, 2.75) is 52.4 Å². The summed E-state index contributed by atoms with van der Waals surface area (Å²) in [7, 11) is 0. The van der Waals surface area contributed by atoms with Crippen molar-refractivity contribution < 1.29 is 30.0 Å². The SMILES string of the molecule is CCCCc1[c-]c(-c2nc3ccc4c(-c5ccccc5)nc(-c5ccccc5)c5ccc(n2)c3c45)ccc1.CCCCc1[c-]c(-c2nc3ccc4c(-c5ccccc5)nc(-c5ccccc5)c5ccc(n2)c3c45)ccc1.O=C(O)c1ccccn1.[Ir]. The van der Waals surface area contributed by atoms with Gasteiger partial charge in [0.15, 0.2) is 0 Å². The van der Waals surface area contributed by atoms with E-state index >= 15 is 0 Å². The van der Waals surface area contributed by atoms with Crippen LogP contribution < -0.4 is 0 Å². The number of hydrogen-bond acceptors (Lipinski definition) is 8. The van der Waals surface area contributed by atoms with Crippen LogP contribution in [-0.2, 0) is 32.9 Å². The van der Waals surface area contributed by atoms with E-state index < -0.39 is 5.97 Å². The monoisotopic (exact) mass is 1290 g/mol. The molecule has 10 heteroatoms. The zero-order valence-corrected chi connectivity index (χ0v) is 49.9. The molecule has 0 bridgehead atoms. The Morgan fingerprint density at radius 2 is 0.709 bits per heavy atom. The second-order valence-corrected chi connectivity index (χ2v) is 21.1. The predicted molar refractivity (Wildman–Crippen MR) is 346 cm³/mol. The van der Waals surface area contributed by atoms with Crippen LogP contribution in [0.15, 0.2) is 231 Å². The molecule has 15 aromatic rings. The molecule has 0 amide bonds. The number of rotatable bonds is 13. The topological polar surface area (TPSA) is 128 Å². The molecule has 1 N–H and O–H groups in total. The molecule has 5 heterocycles. The van der Waals surface area contributed by atoms with Gasteiger partial charge in [0.25, 0.3) is 0 Å². The Labute approximate surface area is 512 Å². The number of hydrogen-bond donors (Lipinski definition) is 1. The van der Waals surface area contributed by atoms with Crippen molar-refractivity contribution in [3.8, 4) is 67.8 Å². The molecule has 9 nitrogen and oxygen atoms in total. The fourth-order valence-corrected chi connectivity index (χ4v) is 11.4. The Bertz CT molecular complexity index is 4320. The minimum atomic E-state index is -0.990. The van der Waals surface area contributed by atoms with E-state index in [1.54, 1.807) is 12.1 Å². The van der Waals surface area contributed by atoms with Gasteiger partial charge in [0.05, 0.1) is 56.5 Å². The van der Waals surface area contributed by atoms with Crippen LogP contribution in [0.2, 0.25) is 0 Å². The molecule has 0 unspecified atom stereocenters. The number of carboxylic acids is 1. The van der Waals surface area contributed by atoms with E-state index in [9.17, 15) is 4.79 Å². The standard InChI is InChI=1S/2C35H26N3.C6H5NO2.Ir/c2*1-2-3-11-23-12-10-17-26(22-23)35-36-29-20-18-27-31-28(19-21-30(37-35)32(29)31)34(25-15-8-5-9-16-25)38-33(27)24-13-6-4-7-14-24;8-6(9)5-3-1-2-4-7-5;/h2*4-10,12-21H,2-3,11H2,1H3;1-4H,(H,8,9);/q2*-1;;. The van der Waals surface area contributed by atoms with Crippen LogP contribution in [0.1, 0.15) is 61.1 Å². The van der Waals surface area contributed by atoms with Crippen molar-refractivity contribution in [2.75, 3.05) is 0 Å². The summed E-state index contributed by atoms with van der Waals surface area (Å²) in [4.78, 5) is 44.5. The van der Waals surface area contributed by atoms with Gasteiger partial charge in [-0.15, -0.1) is 70.8 Å². The Balaban J connectivity index is 0.000000146. The summed E-state index contributed by atoms with van der Waals surface area (Å²) in [6.07, 6.45) is 8.14. The van der Waals surface area contributed by atoms with E-state index in [-0.39, 0.29) is 25.8 Å². The summed E-state index contributed by atoms with van der Waals surface area (Å²) in [5.41, 5.74) is 16.5. The molecular formula is C76H57IrN7O2-2. The molecule has 1 radical (unpaired) electrons. The van der Waals surface area contributed by atoms with Crippen molar-refractivity contribution in [3.63, 3.8) is 0 Å². The normalized spacial score (nSPS) is 11.2. The molecule has 0 atom stereocenters. The summed E-state index contributed by atoms with van der Waals surface area (Å²) in [5, 5.41) is 17.3. The maximum atomic E-state index is 10.1. The summed E-state index contributed by atoms with van der Waals surface area (Å²) < 4.78 is 0. The predicted octanol–water partition coefficient (Wildman–Crippen LogP) is 18.6. The number of carbonyl (C=O) groups is 1. The first-order valence-corrected chi connectivity index (χ1v) is 29.0. The van der Waals surface area contributed by atoms with E-state index in [0.717, 1.165) is 148 Å². The largest absolute Gasteiger partial charge is 0.477 e. The van der Waals surface area contributed by atoms with Gasteiger partial charge >= 0.3 is 5.97 Å². The fraction of sp³-hybridized carbons (Fsp3) is 0.105. The average molecular weight is 1290 g/mol. The minimum Gasteiger partial charge on any atom is -0.477 e. The smallest absolute Gasteiger partial charge is 0.354 e. The molecular weight excluding hydrogens is 1240 g/mol. The number of carboxylic acid groups (broad SMARTS) is 1. The van der Waals surface area contributed by atoms with Gasteiger partial charge in [-0.2, -0.15) is 0 Å². The van der Waals surface area contributed by atoms with Crippen LogP contribution in [0.5, 0.6) is 0 Å². The summed E-state index contributed by atoms with van der Waals surface area (Å²) >= 11 is 0. The number of nitrogens with zero attached hydrogens (tertiary/aromatic N) is 7. The van der Waals surface area contributed by atoms with Crippen molar-refractivity contribution in [1.29, 1.82) is 0 Å². The second-order valence-electron chi connectivity index (χ2n) is 21.1. The maximum absolute atomic E-state index is 10.1. The minimum absolute atomic E-state index is 0. The molecule has 0 spiro atoms. The Morgan fingerprint density at radius 1 is 0.372 bits per heavy atom. The summed E-state index contributed by atoms with van der Waals surface area (Å²) in [6.45, 7) is 4.43. The van der Waals surface area contributed by atoms with Gasteiger partial charge in [0, 0.05) is 91.6 Å². The quantitative estimate of drug-likeness (QED) is 0.0886. The van der Waals surface area contributed by atoms with Gasteiger partial charge in [0.2, 0.25) is 0 Å². The third-order valence-corrected chi connectivity index (χ3v) is 15.5. The van der Waals surface area contributed by atoms with Gasteiger partial charge in [-0.3, -0.25) is 19.9 Å². The summed E-state index contributed by atoms with van der Waals surface area (Å²) in [5.74, 6) is 0.452. The first-order valence-electron chi connectivity index (χ1n) is 29.0. The van der Waals surface area contributed by atoms with Crippen molar-refractivity contribution in [1.82, 2.24) is 34.9 Å². The molecule has 0 aliphatic rings. The van der Waals surface area contributed by atoms with Gasteiger partial charge < -0.3 is 5.11 Å².